The van der Waals surface area contributed by atoms with E-state index in [-0.39, 0.29) is 11.2 Å². The zero-order valence-corrected chi connectivity index (χ0v) is 14.1. The number of hydrogen-bond donors (Lipinski definition) is 0. The Bertz CT molecular complexity index is 411. The summed E-state index contributed by atoms with van der Waals surface area (Å²) in [6.45, 7) is 1.61. The van der Waals surface area contributed by atoms with Gasteiger partial charge in [-0.3, -0.25) is 4.79 Å². The standard InChI is InChI=1S/C20H31FO/c1-19(21,10-14-5-3-2-4-6-14)18(22)20-11-15-7-16(12-20)9-17(8-15)13-20/h14-17H,2-13H2,1H3. The van der Waals surface area contributed by atoms with Crippen molar-refractivity contribution in [3.63, 3.8) is 0 Å². The maximum Gasteiger partial charge on any atom is 0.175 e. The van der Waals surface area contributed by atoms with Crippen molar-refractivity contribution in [3.8, 4) is 0 Å². The Morgan fingerprint density at radius 1 is 1.00 bits per heavy atom. The molecule has 5 fully saturated rings. The third-order valence-corrected chi connectivity index (χ3v) is 7.39. The van der Waals surface area contributed by atoms with Crippen LogP contribution in [0.25, 0.3) is 0 Å². The van der Waals surface area contributed by atoms with E-state index in [0.29, 0.717) is 12.3 Å². The van der Waals surface area contributed by atoms with Crippen molar-refractivity contribution >= 4 is 5.78 Å². The monoisotopic (exact) mass is 306 g/mol. The lowest BCUT2D eigenvalue weighted by Crippen LogP contribution is -2.55. The Morgan fingerprint density at radius 3 is 2.00 bits per heavy atom. The third-order valence-electron chi connectivity index (χ3n) is 7.39. The largest absolute Gasteiger partial charge is 0.295 e. The molecule has 0 aliphatic heterocycles. The highest BCUT2D eigenvalue weighted by Crippen LogP contribution is 2.61. The van der Waals surface area contributed by atoms with Gasteiger partial charge in [-0.05, 0) is 75.5 Å². The van der Waals surface area contributed by atoms with Gasteiger partial charge in [0, 0.05) is 5.41 Å². The van der Waals surface area contributed by atoms with Crippen molar-refractivity contribution in [2.75, 3.05) is 0 Å². The molecular formula is C20H31FO. The predicted molar refractivity (Wildman–Crippen MR) is 86.3 cm³/mol. The van der Waals surface area contributed by atoms with Crippen LogP contribution in [0.1, 0.15) is 84.0 Å². The molecule has 0 spiro atoms. The van der Waals surface area contributed by atoms with Gasteiger partial charge >= 0.3 is 0 Å². The van der Waals surface area contributed by atoms with Gasteiger partial charge in [-0.25, -0.2) is 4.39 Å². The Morgan fingerprint density at radius 2 is 1.50 bits per heavy atom. The van der Waals surface area contributed by atoms with Crippen molar-refractivity contribution in [3.05, 3.63) is 0 Å². The molecule has 2 heteroatoms. The summed E-state index contributed by atoms with van der Waals surface area (Å²) in [5.74, 6) is 2.62. The van der Waals surface area contributed by atoms with E-state index in [4.69, 9.17) is 0 Å². The topological polar surface area (TPSA) is 17.1 Å². The molecule has 0 heterocycles. The van der Waals surface area contributed by atoms with Gasteiger partial charge in [0.2, 0.25) is 0 Å². The number of rotatable bonds is 4. The second-order valence-electron chi connectivity index (χ2n) is 9.43. The van der Waals surface area contributed by atoms with Gasteiger partial charge in [0.05, 0.1) is 0 Å². The number of Topliss-reactive ketones (excluding diaryl/α,β-unsaturated/α-hetero) is 1. The van der Waals surface area contributed by atoms with Crippen LogP contribution in [0.5, 0.6) is 0 Å². The smallest absolute Gasteiger partial charge is 0.175 e. The second-order valence-corrected chi connectivity index (χ2v) is 9.43. The molecule has 4 bridgehead atoms. The normalized spacial score (nSPS) is 44.0. The summed E-state index contributed by atoms with van der Waals surface area (Å²) in [6.07, 6.45) is 13.5. The maximum absolute atomic E-state index is 15.4. The summed E-state index contributed by atoms with van der Waals surface area (Å²) in [5, 5.41) is 0. The van der Waals surface area contributed by atoms with Crippen LogP contribution in [0, 0.1) is 29.1 Å². The number of ketones is 1. The second kappa shape index (κ2) is 5.31. The summed E-state index contributed by atoms with van der Waals surface area (Å²) in [5.41, 5.74) is -1.85. The molecule has 5 rings (SSSR count). The summed E-state index contributed by atoms with van der Waals surface area (Å²) in [6, 6.07) is 0. The maximum atomic E-state index is 15.4. The van der Waals surface area contributed by atoms with E-state index in [0.717, 1.165) is 49.9 Å². The molecule has 5 aliphatic rings. The molecule has 0 N–H and O–H groups in total. The number of carbonyl (C=O) groups excluding carboxylic acids is 1. The molecule has 5 saturated carbocycles. The van der Waals surface area contributed by atoms with Crippen molar-refractivity contribution in [1.82, 2.24) is 0 Å². The molecule has 1 nitrogen and oxygen atoms in total. The number of carbonyl (C=O) groups is 1. The molecule has 0 aromatic rings. The number of hydrogen-bond acceptors (Lipinski definition) is 1. The molecule has 22 heavy (non-hydrogen) atoms. The minimum Gasteiger partial charge on any atom is -0.295 e. The van der Waals surface area contributed by atoms with Crippen LogP contribution in [-0.4, -0.2) is 11.5 Å². The Hall–Kier alpha value is -0.400. The van der Waals surface area contributed by atoms with Crippen molar-refractivity contribution in [2.24, 2.45) is 29.1 Å². The Labute approximate surface area is 134 Å². The lowest BCUT2D eigenvalue weighted by atomic mass is 9.47. The molecule has 0 radical (unpaired) electrons. The third kappa shape index (κ3) is 2.55. The van der Waals surface area contributed by atoms with Crippen LogP contribution in [-0.2, 0) is 4.79 Å². The molecule has 0 aromatic heterocycles. The van der Waals surface area contributed by atoms with Crippen LogP contribution in [0.4, 0.5) is 4.39 Å². The van der Waals surface area contributed by atoms with E-state index < -0.39 is 5.67 Å². The zero-order chi connectivity index (χ0) is 15.4. The predicted octanol–water partition coefficient (Wildman–Crippen LogP) is 5.47. The molecule has 124 valence electrons. The summed E-state index contributed by atoms with van der Waals surface area (Å²) in [7, 11) is 0. The average molecular weight is 306 g/mol. The fourth-order valence-corrected chi connectivity index (χ4v) is 6.97. The molecule has 1 atom stereocenters. The van der Waals surface area contributed by atoms with E-state index >= 15 is 4.39 Å². The first kappa shape index (κ1) is 15.1. The molecule has 5 aliphatic carbocycles. The summed E-state index contributed by atoms with van der Waals surface area (Å²) < 4.78 is 15.4. The van der Waals surface area contributed by atoms with Gasteiger partial charge in [0.25, 0.3) is 0 Å². The van der Waals surface area contributed by atoms with Crippen LogP contribution in [0.3, 0.4) is 0 Å². The van der Waals surface area contributed by atoms with E-state index in [1.807, 2.05) is 0 Å². The Kier molecular flexibility index (Phi) is 3.66. The van der Waals surface area contributed by atoms with Crippen LogP contribution in [0.15, 0.2) is 0 Å². The molecule has 0 aromatic carbocycles. The van der Waals surface area contributed by atoms with Gasteiger partial charge in [-0.1, -0.05) is 32.1 Å². The Balaban J connectivity index is 1.50. The lowest BCUT2D eigenvalue weighted by Gasteiger charge is -2.57. The molecule has 0 amide bonds. The zero-order valence-electron chi connectivity index (χ0n) is 14.1. The van der Waals surface area contributed by atoms with Crippen LogP contribution >= 0.6 is 0 Å². The minimum atomic E-state index is -1.58. The fourth-order valence-electron chi connectivity index (χ4n) is 6.97. The summed E-state index contributed by atoms with van der Waals surface area (Å²) in [4.78, 5) is 13.2. The van der Waals surface area contributed by atoms with Gasteiger partial charge in [0.1, 0.15) is 0 Å². The van der Waals surface area contributed by atoms with E-state index in [1.54, 1.807) is 6.92 Å². The van der Waals surface area contributed by atoms with E-state index in [9.17, 15) is 4.79 Å². The van der Waals surface area contributed by atoms with Gasteiger partial charge in [0.15, 0.2) is 11.5 Å². The highest BCUT2D eigenvalue weighted by Gasteiger charge is 2.58. The highest BCUT2D eigenvalue weighted by molar-refractivity contribution is 5.92. The first-order valence-corrected chi connectivity index (χ1v) is 9.71. The van der Waals surface area contributed by atoms with E-state index in [1.165, 1.54) is 38.5 Å². The van der Waals surface area contributed by atoms with Crippen molar-refractivity contribution in [1.29, 1.82) is 0 Å². The number of alkyl halides is 1. The molecule has 1 unspecified atom stereocenters. The molecular weight excluding hydrogens is 275 g/mol. The molecule has 0 saturated heterocycles. The van der Waals surface area contributed by atoms with Gasteiger partial charge in [-0.2, -0.15) is 0 Å². The van der Waals surface area contributed by atoms with Gasteiger partial charge in [-0.15, -0.1) is 0 Å². The lowest BCUT2D eigenvalue weighted by molar-refractivity contribution is -0.156. The minimum absolute atomic E-state index is 0.00433. The highest BCUT2D eigenvalue weighted by atomic mass is 19.1. The van der Waals surface area contributed by atoms with Crippen LogP contribution in [0.2, 0.25) is 0 Å². The van der Waals surface area contributed by atoms with E-state index in [2.05, 4.69) is 0 Å². The first-order valence-electron chi connectivity index (χ1n) is 9.71. The fraction of sp³-hybridized carbons (Fsp3) is 0.950. The van der Waals surface area contributed by atoms with Gasteiger partial charge < -0.3 is 0 Å². The average Bonchev–Trinajstić information content (AvgIpc) is 2.45. The first-order chi connectivity index (χ1) is 10.5. The van der Waals surface area contributed by atoms with Crippen molar-refractivity contribution < 1.29 is 9.18 Å². The van der Waals surface area contributed by atoms with Crippen LogP contribution < -0.4 is 0 Å². The number of halogens is 1. The SMILES string of the molecule is CC(F)(CC1CCCCC1)C(=O)C12CC3CC(CC(C3)C1)C2. The van der Waals surface area contributed by atoms with Crippen molar-refractivity contribution in [2.45, 2.75) is 89.6 Å². The quantitative estimate of drug-likeness (QED) is 0.673. The summed E-state index contributed by atoms with van der Waals surface area (Å²) >= 11 is 0.